The molecule has 0 saturated heterocycles. The summed E-state index contributed by atoms with van der Waals surface area (Å²) >= 11 is 1.20. The zero-order valence-electron chi connectivity index (χ0n) is 15.8. The molecule has 0 unspecified atom stereocenters. The number of ether oxygens (including phenoxy) is 1. The van der Waals surface area contributed by atoms with E-state index in [2.05, 4.69) is 15.3 Å². The highest BCUT2D eigenvalue weighted by Crippen LogP contribution is 2.20. The van der Waals surface area contributed by atoms with Crippen molar-refractivity contribution in [3.8, 4) is 5.75 Å². The summed E-state index contributed by atoms with van der Waals surface area (Å²) in [6.07, 6.45) is -0.0354. The molecular weight excluding hydrogens is 393 g/mol. The van der Waals surface area contributed by atoms with E-state index in [1.54, 1.807) is 25.3 Å². The van der Waals surface area contributed by atoms with Crippen molar-refractivity contribution in [2.24, 2.45) is 0 Å². The van der Waals surface area contributed by atoms with E-state index in [4.69, 9.17) is 4.74 Å². The summed E-state index contributed by atoms with van der Waals surface area (Å²) < 4.78 is 19.0. The zero-order valence-corrected chi connectivity index (χ0v) is 16.6. The van der Waals surface area contributed by atoms with Crippen LogP contribution in [0.3, 0.4) is 0 Å². The highest BCUT2D eigenvalue weighted by atomic mass is 32.2. The number of amides is 1. The minimum atomic E-state index is -0.358. The molecule has 0 atom stereocenters. The van der Waals surface area contributed by atoms with Gasteiger partial charge in [0.25, 0.3) is 5.56 Å². The lowest BCUT2D eigenvalue weighted by Gasteiger charge is -2.09. The van der Waals surface area contributed by atoms with Crippen molar-refractivity contribution < 1.29 is 13.9 Å². The molecule has 0 fully saturated rings. The molecule has 3 aromatic rings. The van der Waals surface area contributed by atoms with E-state index in [-0.39, 0.29) is 23.7 Å². The molecule has 0 radical (unpaired) electrons. The maximum atomic E-state index is 13.7. The third-order valence-corrected chi connectivity index (χ3v) is 5.03. The lowest BCUT2D eigenvalue weighted by Crippen LogP contribution is -2.26. The van der Waals surface area contributed by atoms with E-state index < -0.39 is 0 Å². The van der Waals surface area contributed by atoms with E-state index in [9.17, 15) is 14.0 Å². The molecule has 3 rings (SSSR count). The normalized spacial score (nSPS) is 10.6. The molecule has 1 aromatic heterocycles. The van der Waals surface area contributed by atoms with Gasteiger partial charge in [0, 0.05) is 23.9 Å². The molecule has 8 heteroatoms. The Morgan fingerprint density at radius 1 is 1.17 bits per heavy atom. The number of aromatic nitrogens is 2. The van der Waals surface area contributed by atoms with Gasteiger partial charge < -0.3 is 15.0 Å². The average molecular weight is 413 g/mol. The summed E-state index contributed by atoms with van der Waals surface area (Å²) in [6, 6.07) is 15.1. The summed E-state index contributed by atoms with van der Waals surface area (Å²) in [5.74, 6) is 0.432. The number of nitrogens with one attached hydrogen (secondary N) is 2. The molecule has 0 aliphatic carbocycles. The van der Waals surface area contributed by atoms with Crippen LogP contribution in [0.5, 0.6) is 5.75 Å². The standard InChI is InChI=1S/C21H20FN3O3S/c1-28-18-9-5-3-6-14(18)12-23-19(26)10-16-11-20(27)25-21(24-16)29-13-15-7-2-4-8-17(15)22/h2-9,11H,10,12-13H2,1H3,(H,23,26)(H,24,25,27). The largest absolute Gasteiger partial charge is 0.496 e. The number of thioether (sulfide) groups is 1. The Labute approximate surface area is 171 Å². The fraction of sp³-hybridized carbons (Fsp3) is 0.190. The van der Waals surface area contributed by atoms with Gasteiger partial charge in [-0.25, -0.2) is 9.37 Å². The molecular formula is C21H20FN3O3S. The number of nitrogens with zero attached hydrogens (tertiary/aromatic N) is 1. The van der Waals surface area contributed by atoms with Gasteiger partial charge >= 0.3 is 0 Å². The first-order chi connectivity index (χ1) is 14.0. The summed E-state index contributed by atoms with van der Waals surface area (Å²) in [5.41, 5.74) is 1.36. The molecule has 0 spiro atoms. The molecule has 6 nitrogen and oxygen atoms in total. The predicted octanol–water partition coefficient (Wildman–Crippen LogP) is 3.07. The van der Waals surface area contributed by atoms with Crippen LogP contribution in [0, 0.1) is 5.82 Å². The number of carbonyl (C=O) groups excluding carboxylic acids is 1. The van der Waals surface area contributed by atoms with Crippen LogP contribution in [0.25, 0.3) is 0 Å². The van der Waals surface area contributed by atoms with Crippen LogP contribution in [0.15, 0.2) is 64.5 Å². The Morgan fingerprint density at radius 2 is 1.90 bits per heavy atom. The van der Waals surface area contributed by atoms with Gasteiger partial charge in [-0.3, -0.25) is 9.59 Å². The van der Waals surface area contributed by atoms with E-state index >= 15 is 0 Å². The Kier molecular flexibility index (Phi) is 7.02. The average Bonchev–Trinajstić information content (AvgIpc) is 2.71. The van der Waals surface area contributed by atoms with Crippen molar-refractivity contribution in [3.63, 3.8) is 0 Å². The highest BCUT2D eigenvalue weighted by Gasteiger charge is 2.10. The molecule has 0 bridgehead atoms. The van der Waals surface area contributed by atoms with Gasteiger partial charge in [-0.15, -0.1) is 0 Å². The minimum absolute atomic E-state index is 0.0354. The molecule has 0 saturated carbocycles. The molecule has 0 aliphatic rings. The monoisotopic (exact) mass is 413 g/mol. The Hall–Kier alpha value is -3.13. The zero-order chi connectivity index (χ0) is 20.6. The van der Waals surface area contributed by atoms with Crippen LogP contribution in [-0.4, -0.2) is 23.0 Å². The van der Waals surface area contributed by atoms with Crippen LogP contribution < -0.4 is 15.6 Å². The highest BCUT2D eigenvalue weighted by molar-refractivity contribution is 7.98. The van der Waals surface area contributed by atoms with Crippen molar-refractivity contribution >= 4 is 17.7 Å². The number of aromatic amines is 1. The molecule has 29 heavy (non-hydrogen) atoms. The Balaban J connectivity index is 1.61. The number of benzene rings is 2. The van der Waals surface area contributed by atoms with E-state index in [1.165, 1.54) is 23.9 Å². The van der Waals surface area contributed by atoms with Gasteiger partial charge in [-0.1, -0.05) is 48.2 Å². The first-order valence-electron chi connectivity index (χ1n) is 8.90. The molecule has 1 heterocycles. The summed E-state index contributed by atoms with van der Waals surface area (Å²) in [5, 5.41) is 3.14. The van der Waals surface area contributed by atoms with Crippen molar-refractivity contribution in [3.05, 3.63) is 87.6 Å². The maximum Gasteiger partial charge on any atom is 0.251 e. The third-order valence-electron chi connectivity index (χ3n) is 4.11. The van der Waals surface area contributed by atoms with Crippen molar-refractivity contribution in [2.75, 3.05) is 7.11 Å². The van der Waals surface area contributed by atoms with Gasteiger partial charge in [0.05, 0.1) is 19.2 Å². The van der Waals surface area contributed by atoms with E-state index in [0.29, 0.717) is 34.5 Å². The predicted molar refractivity (Wildman–Crippen MR) is 109 cm³/mol. The summed E-state index contributed by atoms with van der Waals surface area (Å²) in [6.45, 7) is 0.306. The molecule has 1 amide bonds. The minimum Gasteiger partial charge on any atom is -0.496 e. The van der Waals surface area contributed by atoms with E-state index in [1.807, 2.05) is 24.3 Å². The van der Waals surface area contributed by atoms with Crippen LogP contribution in [-0.2, 0) is 23.5 Å². The number of hydrogen-bond acceptors (Lipinski definition) is 5. The van der Waals surface area contributed by atoms with Crippen LogP contribution in [0.1, 0.15) is 16.8 Å². The van der Waals surface area contributed by atoms with Gasteiger partial charge in [0.15, 0.2) is 5.16 Å². The number of halogens is 1. The van der Waals surface area contributed by atoms with Gasteiger partial charge in [-0.05, 0) is 17.7 Å². The number of rotatable bonds is 8. The molecule has 2 N–H and O–H groups in total. The fourth-order valence-corrected chi connectivity index (χ4v) is 3.55. The van der Waals surface area contributed by atoms with Crippen LogP contribution in [0.4, 0.5) is 4.39 Å². The maximum absolute atomic E-state index is 13.7. The quantitative estimate of drug-likeness (QED) is 0.438. The number of carbonyl (C=O) groups is 1. The van der Waals surface area contributed by atoms with Gasteiger partial charge in [0.2, 0.25) is 5.91 Å². The first kappa shape index (κ1) is 20.6. The Bertz CT molecular complexity index is 1060. The van der Waals surface area contributed by atoms with Crippen LogP contribution >= 0.6 is 11.8 Å². The SMILES string of the molecule is COc1ccccc1CNC(=O)Cc1cc(=O)[nH]c(SCc2ccccc2F)n1. The van der Waals surface area contributed by atoms with Crippen molar-refractivity contribution in [2.45, 2.75) is 23.9 Å². The second-order valence-corrected chi connectivity index (χ2v) is 7.15. The summed E-state index contributed by atoms with van der Waals surface area (Å²) in [7, 11) is 1.57. The fourth-order valence-electron chi connectivity index (χ4n) is 2.67. The lowest BCUT2D eigenvalue weighted by atomic mass is 10.2. The smallest absolute Gasteiger partial charge is 0.251 e. The number of para-hydroxylation sites is 1. The Morgan fingerprint density at radius 3 is 2.66 bits per heavy atom. The molecule has 150 valence electrons. The number of hydrogen-bond donors (Lipinski definition) is 2. The van der Waals surface area contributed by atoms with E-state index in [0.717, 1.165) is 5.56 Å². The number of methoxy groups -OCH3 is 1. The second kappa shape index (κ2) is 9.88. The lowest BCUT2D eigenvalue weighted by molar-refractivity contribution is -0.120. The number of H-pyrrole nitrogens is 1. The molecule has 0 aliphatic heterocycles. The van der Waals surface area contributed by atoms with Crippen LogP contribution in [0.2, 0.25) is 0 Å². The van der Waals surface area contributed by atoms with Crippen molar-refractivity contribution in [1.29, 1.82) is 0 Å². The third kappa shape index (κ3) is 5.92. The van der Waals surface area contributed by atoms with Crippen molar-refractivity contribution in [1.82, 2.24) is 15.3 Å². The van der Waals surface area contributed by atoms with Gasteiger partial charge in [0.1, 0.15) is 11.6 Å². The topological polar surface area (TPSA) is 84.1 Å². The molecule has 2 aromatic carbocycles. The first-order valence-corrected chi connectivity index (χ1v) is 9.89. The second-order valence-electron chi connectivity index (χ2n) is 6.19. The van der Waals surface area contributed by atoms with Gasteiger partial charge in [-0.2, -0.15) is 0 Å². The summed E-state index contributed by atoms with van der Waals surface area (Å²) in [4.78, 5) is 31.1.